The zero-order valence-corrected chi connectivity index (χ0v) is 19.0. The van der Waals surface area contributed by atoms with Gasteiger partial charge in [0.25, 0.3) is 5.91 Å². The van der Waals surface area contributed by atoms with E-state index in [2.05, 4.69) is 21.3 Å². The summed E-state index contributed by atoms with van der Waals surface area (Å²) >= 11 is 0. The quantitative estimate of drug-likeness (QED) is 0.462. The summed E-state index contributed by atoms with van der Waals surface area (Å²) in [6.45, 7) is 2.24. The number of nitrogens with one attached hydrogen (secondary N) is 1. The number of aliphatic carboxylic acids is 2. The summed E-state index contributed by atoms with van der Waals surface area (Å²) in [6, 6.07) is 14.1. The lowest BCUT2D eigenvalue weighted by molar-refractivity contribution is -0.134. The van der Waals surface area contributed by atoms with Crippen LogP contribution in [0.4, 0.5) is 0 Å². The first-order valence-corrected chi connectivity index (χ1v) is 11.5. The molecular weight excluding hydrogens is 450 g/mol. The number of piperidine rings is 3. The highest BCUT2D eigenvalue weighted by atomic mass is 16.4. The number of benzene rings is 1. The Morgan fingerprint density at radius 1 is 1.06 bits per heavy atom. The number of aromatic nitrogens is 1. The largest absolute Gasteiger partial charge is 0.478 e. The van der Waals surface area contributed by atoms with E-state index in [-0.39, 0.29) is 11.9 Å². The van der Waals surface area contributed by atoms with Crippen LogP contribution in [0.3, 0.4) is 0 Å². The van der Waals surface area contributed by atoms with Gasteiger partial charge in [-0.05, 0) is 62.0 Å². The Hall–Kier alpha value is -3.98. The van der Waals surface area contributed by atoms with Crippen LogP contribution in [0, 0.1) is 5.92 Å². The normalized spacial score (nSPS) is 23.0. The van der Waals surface area contributed by atoms with Crippen molar-refractivity contribution < 1.29 is 29.0 Å². The van der Waals surface area contributed by atoms with Gasteiger partial charge < -0.3 is 19.9 Å². The first-order valence-electron chi connectivity index (χ1n) is 11.5. The molecule has 3 aliphatic rings. The smallest absolute Gasteiger partial charge is 0.328 e. The predicted octanol–water partition coefficient (Wildman–Crippen LogP) is 2.97. The van der Waals surface area contributed by atoms with Crippen LogP contribution < -0.4 is 5.32 Å². The van der Waals surface area contributed by atoms with Crippen LogP contribution in [0.25, 0.3) is 11.0 Å². The van der Waals surface area contributed by atoms with E-state index in [0.29, 0.717) is 29.9 Å². The fourth-order valence-electron chi connectivity index (χ4n) is 4.84. The van der Waals surface area contributed by atoms with Gasteiger partial charge >= 0.3 is 11.9 Å². The van der Waals surface area contributed by atoms with Gasteiger partial charge in [-0.2, -0.15) is 0 Å². The van der Waals surface area contributed by atoms with Crippen LogP contribution in [0.5, 0.6) is 0 Å². The van der Waals surface area contributed by atoms with Crippen molar-refractivity contribution >= 4 is 28.8 Å². The summed E-state index contributed by atoms with van der Waals surface area (Å²) < 4.78 is 5.77. The van der Waals surface area contributed by atoms with Gasteiger partial charge in [-0.3, -0.25) is 14.7 Å². The second-order valence-electron chi connectivity index (χ2n) is 8.66. The molecule has 3 aliphatic heterocycles. The number of fused-ring (bicyclic) bond motifs is 4. The Morgan fingerprint density at radius 3 is 2.40 bits per heavy atom. The van der Waals surface area contributed by atoms with Crippen LogP contribution >= 0.6 is 0 Å². The van der Waals surface area contributed by atoms with Crippen LogP contribution in [-0.2, 0) is 16.0 Å². The SMILES string of the molecule is O=C(N[C@@H]1C2CCN(CC2)[C@H]1Cc1cccnc1)c1cc2ccccc2o1.O=C(O)C=CC(=O)O. The van der Waals surface area contributed by atoms with Gasteiger partial charge in [0.15, 0.2) is 5.76 Å². The number of amides is 1. The maximum Gasteiger partial charge on any atom is 0.328 e. The minimum absolute atomic E-state index is 0.110. The van der Waals surface area contributed by atoms with Crippen molar-refractivity contribution in [3.8, 4) is 0 Å². The molecular formula is C26H27N3O6. The second kappa shape index (κ2) is 11.0. The molecule has 9 heteroatoms. The third kappa shape index (κ3) is 6.13. The molecule has 0 unspecified atom stereocenters. The van der Waals surface area contributed by atoms with Gasteiger partial charge in [0.1, 0.15) is 5.58 Å². The zero-order chi connectivity index (χ0) is 24.8. The zero-order valence-electron chi connectivity index (χ0n) is 19.0. The molecule has 3 N–H and O–H groups in total. The summed E-state index contributed by atoms with van der Waals surface area (Å²) in [5.74, 6) is -1.70. The molecule has 6 rings (SSSR count). The first-order chi connectivity index (χ1) is 16.9. The number of nitrogens with zero attached hydrogens (tertiary/aromatic N) is 2. The van der Waals surface area contributed by atoms with Crippen LogP contribution in [-0.4, -0.2) is 63.1 Å². The number of pyridine rings is 1. The highest BCUT2D eigenvalue weighted by Crippen LogP contribution is 2.34. The molecule has 3 saturated heterocycles. The minimum atomic E-state index is -1.26. The summed E-state index contributed by atoms with van der Waals surface area (Å²) in [5, 5.41) is 19.9. The molecule has 182 valence electrons. The van der Waals surface area contributed by atoms with Crippen molar-refractivity contribution in [2.24, 2.45) is 5.92 Å². The molecule has 1 aromatic carbocycles. The number of para-hydroxylation sites is 1. The molecule has 0 aliphatic carbocycles. The molecule has 1 amide bonds. The van der Waals surface area contributed by atoms with E-state index in [1.165, 1.54) is 5.56 Å². The van der Waals surface area contributed by atoms with Crippen LogP contribution in [0.1, 0.15) is 29.0 Å². The highest BCUT2D eigenvalue weighted by molar-refractivity contribution is 5.96. The van der Waals surface area contributed by atoms with E-state index >= 15 is 0 Å². The van der Waals surface area contributed by atoms with Gasteiger partial charge in [-0.1, -0.05) is 24.3 Å². The molecule has 3 fully saturated rings. The lowest BCUT2D eigenvalue weighted by atomic mass is 9.76. The monoisotopic (exact) mass is 477 g/mol. The van der Waals surface area contributed by atoms with Gasteiger partial charge in [-0.15, -0.1) is 0 Å². The summed E-state index contributed by atoms with van der Waals surface area (Å²) in [7, 11) is 0. The predicted molar refractivity (Wildman–Crippen MR) is 128 cm³/mol. The van der Waals surface area contributed by atoms with Crippen molar-refractivity contribution in [1.29, 1.82) is 0 Å². The number of carboxylic acid groups (broad SMARTS) is 2. The number of carbonyl (C=O) groups excluding carboxylic acids is 1. The Kier molecular flexibility index (Phi) is 7.57. The summed E-state index contributed by atoms with van der Waals surface area (Å²) in [5.41, 5.74) is 1.97. The Balaban J connectivity index is 0.000000314. The molecule has 0 radical (unpaired) electrons. The van der Waals surface area contributed by atoms with Crippen molar-refractivity contribution in [2.45, 2.75) is 31.3 Å². The molecule has 0 saturated carbocycles. The maximum atomic E-state index is 12.9. The average Bonchev–Trinajstić information content (AvgIpc) is 3.30. The molecule has 5 heterocycles. The molecule has 2 bridgehead atoms. The Labute approximate surface area is 202 Å². The summed E-state index contributed by atoms with van der Waals surface area (Å²) in [6.07, 6.45) is 8.06. The van der Waals surface area contributed by atoms with Gasteiger partial charge in [-0.25, -0.2) is 9.59 Å². The minimum Gasteiger partial charge on any atom is -0.478 e. The fourth-order valence-corrected chi connectivity index (χ4v) is 4.84. The van der Waals surface area contributed by atoms with Crippen molar-refractivity contribution in [1.82, 2.24) is 15.2 Å². The van der Waals surface area contributed by atoms with Gasteiger partial charge in [0, 0.05) is 42.0 Å². The topological polar surface area (TPSA) is 133 Å². The number of hydrogen-bond donors (Lipinski definition) is 3. The van der Waals surface area contributed by atoms with Gasteiger partial charge in [0.2, 0.25) is 0 Å². The molecule has 9 nitrogen and oxygen atoms in total. The van der Waals surface area contributed by atoms with E-state index in [0.717, 1.165) is 43.3 Å². The van der Waals surface area contributed by atoms with Crippen molar-refractivity contribution in [3.05, 3.63) is 78.3 Å². The Bertz CT molecular complexity index is 1170. The van der Waals surface area contributed by atoms with E-state index in [1.807, 2.05) is 42.6 Å². The second-order valence-corrected chi connectivity index (χ2v) is 8.66. The average molecular weight is 478 g/mol. The van der Waals surface area contributed by atoms with Gasteiger partial charge in [0.05, 0.1) is 0 Å². The Morgan fingerprint density at radius 2 is 1.77 bits per heavy atom. The molecule has 0 spiro atoms. The van der Waals surface area contributed by atoms with E-state index in [1.54, 1.807) is 6.20 Å². The third-order valence-electron chi connectivity index (χ3n) is 6.45. The number of carboxylic acids is 2. The van der Waals surface area contributed by atoms with E-state index in [4.69, 9.17) is 14.6 Å². The number of rotatable bonds is 6. The maximum absolute atomic E-state index is 12.9. The third-order valence-corrected chi connectivity index (χ3v) is 6.45. The number of furan rings is 1. The standard InChI is InChI=1S/C22H23N3O2.C4H4O4/c26-22(20-13-17-5-1-2-6-19(17)27-20)24-21-16-7-10-25(11-8-16)18(21)12-15-4-3-9-23-14-15;5-3(6)1-2-4(7)8/h1-6,9,13-14,16,18,21H,7-8,10-12H2,(H,24,26);1-2H,(H,5,6)(H,7,8)/t18-,21+;/m0./s1. The van der Waals surface area contributed by atoms with E-state index in [9.17, 15) is 14.4 Å². The molecule has 2 aromatic heterocycles. The first kappa shape index (κ1) is 24.2. The van der Waals surface area contributed by atoms with E-state index < -0.39 is 11.9 Å². The van der Waals surface area contributed by atoms with Crippen molar-refractivity contribution in [3.63, 3.8) is 0 Å². The summed E-state index contributed by atoms with van der Waals surface area (Å²) in [4.78, 5) is 38.8. The lowest BCUT2D eigenvalue weighted by Crippen LogP contribution is -2.64. The number of hydrogen-bond acceptors (Lipinski definition) is 6. The highest BCUT2D eigenvalue weighted by Gasteiger charge is 2.43. The van der Waals surface area contributed by atoms with Crippen LogP contribution in [0.2, 0.25) is 0 Å². The van der Waals surface area contributed by atoms with Crippen molar-refractivity contribution in [2.75, 3.05) is 13.1 Å². The molecule has 3 aromatic rings. The number of carbonyl (C=O) groups is 3. The lowest BCUT2D eigenvalue weighted by Gasteiger charge is -2.51. The fraction of sp³-hybridized carbons (Fsp3) is 0.308. The molecule has 2 atom stereocenters. The molecule has 35 heavy (non-hydrogen) atoms. The van der Waals surface area contributed by atoms with Crippen LogP contribution in [0.15, 0.2) is 71.4 Å².